The van der Waals surface area contributed by atoms with Gasteiger partial charge in [-0.1, -0.05) is 0 Å². The van der Waals surface area contributed by atoms with Gasteiger partial charge in [0, 0.05) is 23.9 Å². The molecule has 1 amide bonds. The fourth-order valence-corrected chi connectivity index (χ4v) is 2.91. The molecule has 0 radical (unpaired) electrons. The third-order valence-electron chi connectivity index (χ3n) is 4.53. The number of fused-ring (bicyclic) bond motifs is 1. The zero-order chi connectivity index (χ0) is 21.1. The molecule has 2 aliphatic rings. The smallest absolute Gasteiger partial charge is 0.338 e. The van der Waals surface area contributed by atoms with E-state index in [1.807, 2.05) is 0 Å². The first-order valence-electron chi connectivity index (χ1n) is 9.41. The summed E-state index contributed by atoms with van der Waals surface area (Å²) in [6, 6.07) is 9.20. The summed E-state index contributed by atoms with van der Waals surface area (Å²) < 4.78 is 15.9. The maximum Gasteiger partial charge on any atom is 0.338 e. The topological polar surface area (TPSA) is 129 Å². The van der Waals surface area contributed by atoms with E-state index >= 15 is 0 Å². The summed E-state index contributed by atoms with van der Waals surface area (Å²) in [5.74, 6) is -0.273. The number of carbonyl (C=O) groups is 2. The number of ether oxygens (including phenoxy) is 3. The molecule has 2 aromatic rings. The fourth-order valence-electron chi connectivity index (χ4n) is 2.91. The van der Waals surface area contributed by atoms with Crippen molar-refractivity contribution < 1.29 is 28.7 Å². The third kappa shape index (κ3) is 4.59. The van der Waals surface area contributed by atoms with Crippen LogP contribution in [0.4, 0.5) is 17.1 Å². The Morgan fingerprint density at radius 2 is 1.87 bits per heavy atom. The predicted octanol–water partition coefficient (Wildman–Crippen LogP) is 2.74. The Morgan fingerprint density at radius 1 is 1.10 bits per heavy atom. The standard InChI is InChI=1S/C20H19N3O7/c24-19(22-14-4-6-17-18(10-14)29-8-7-28-17)11-30-20(25)12-1-5-15(21-13-2-3-13)16(9-12)23(26)27/h1,4-6,9-10,13,21H,2-3,7-8,11H2,(H,22,24). The van der Waals surface area contributed by atoms with E-state index in [9.17, 15) is 19.7 Å². The van der Waals surface area contributed by atoms with Crippen LogP contribution in [-0.2, 0) is 9.53 Å². The maximum atomic E-state index is 12.2. The van der Waals surface area contributed by atoms with Gasteiger partial charge >= 0.3 is 5.97 Å². The maximum absolute atomic E-state index is 12.2. The number of nitro groups is 1. The van der Waals surface area contributed by atoms with Crippen LogP contribution in [0.15, 0.2) is 36.4 Å². The number of nitrogens with one attached hydrogen (secondary N) is 2. The van der Waals surface area contributed by atoms with Crippen molar-refractivity contribution in [3.8, 4) is 11.5 Å². The van der Waals surface area contributed by atoms with Gasteiger partial charge in [0.2, 0.25) is 0 Å². The molecule has 10 nitrogen and oxygen atoms in total. The molecule has 1 aliphatic carbocycles. The molecule has 2 aromatic carbocycles. The van der Waals surface area contributed by atoms with Crippen LogP contribution in [0.25, 0.3) is 0 Å². The van der Waals surface area contributed by atoms with Crippen molar-refractivity contribution in [1.82, 2.24) is 0 Å². The Labute approximate surface area is 171 Å². The van der Waals surface area contributed by atoms with Crippen LogP contribution in [0.1, 0.15) is 23.2 Å². The van der Waals surface area contributed by atoms with Gasteiger partial charge in [0.25, 0.3) is 11.6 Å². The van der Waals surface area contributed by atoms with Crippen molar-refractivity contribution in [1.29, 1.82) is 0 Å². The Kier molecular flexibility index (Phi) is 5.38. The second-order valence-corrected chi connectivity index (χ2v) is 6.89. The third-order valence-corrected chi connectivity index (χ3v) is 4.53. The van der Waals surface area contributed by atoms with E-state index in [1.54, 1.807) is 18.2 Å². The first-order chi connectivity index (χ1) is 14.5. The van der Waals surface area contributed by atoms with Gasteiger partial charge in [0.15, 0.2) is 18.1 Å². The molecular formula is C20H19N3O7. The van der Waals surface area contributed by atoms with E-state index in [2.05, 4.69) is 10.6 Å². The van der Waals surface area contributed by atoms with Gasteiger partial charge < -0.3 is 24.8 Å². The van der Waals surface area contributed by atoms with Crippen molar-refractivity contribution in [3.63, 3.8) is 0 Å². The molecule has 0 bridgehead atoms. The molecule has 30 heavy (non-hydrogen) atoms. The minimum absolute atomic E-state index is 0.00447. The van der Waals surface area contributed by atoms with E-state index in [4.69, 9.17) is 14.2 Å². The van der Waals surface area contributed by atoms with Gasteiger partial charge in [0.1, 0.15) is 18.9 Å². The zero-order valence-corrected chi connectivity index (χ0v) is 15.9. The van der Waals surface area contributed by atoms with Gasteiger partial charge in [0.05, 0.1) is 10.5 Å². The summed E-state index contributed by atoms with van der Waals surface area (Å²) in [5, 5.41) is 17.0. The zero-order valence-electron chi connectivity index (χ0n) is 15.9. The predicted molar refractivity (Wildman–Crippen MR) is 106 cm³/mol. The highest BCUT2D eigenvalue weighted by Gasteiger charge is 2.26. The fraction of sp³-hybridized carbons (Fsp3) is 0.300. The molecule has 0 unspecified atom stereocenters. The number of hydrogen-bond acceptors (Lipinski definition) is 8. The molecule has 0 spiro atoms. The lowest BCUT2D eigenvalue weighted by atomic mass is 10.1. The number of anilines is 2. The monoisotopic (exact) mass is 413 g/mol. The van der Waals surface area contributed by atoms with Crippen LogP contribution in [0.5, 0.6) is 11.5 Å². The van der Waals surface area contributed by atoms with E-state index in [0.717, 1.165) is 18.9 Å². The van der Waals surface area contributed by atoms with Crippen molar-refractivity contribution in [2.75, 3.05) is 30.5 Å². The number of nitro benzene ring substituents is 1. The number of amides is 1. The van der Waals surface area contributed by atoms with Gasteiger partial charge in [-0.2, -0.15) is 0 Å². The quantitative estimate of drug-likeness (QED) is 0.403. The first kappa shape index (κ1) is 19.5. The lowest BCUT2D eigenvalue weighted by molar-refractivity contribution is -0.384. The second kappa shape index (κ2) is 8.27. The number of hydrogen-bond donors (Lipinski definition) is 2. The highest BCUT2D eigenvalue weighted by atomic mass is 16.6. The minimum Gasteiger partial charge on any atom is -0.486 e. The van der Waals surface area contributed by atoms with Crippen LogP contribution in [-0.4, -0.2) is 42.7 Å². The lowest BCUT2D eigenvalue weighted by Crippen LogP contribution is -2.21. The molecule has 1 fully saturated rings. The highest BCUT2D eigenvalue weighted by Crippen LogP contribution is 2.33. The SMILES string of the molecule is O=C(COC(=O)c1ccc(NC2CC2)c([N+](=O)[O-])c1)Nc1ccc2c(c1)OCCO2. The summed E-state index contributed by atoms with van der Waals surface area (Å²) >= 11 is 0. The molecular weight excluding hydrogens is 394 g/mol. The minimum atomic E-state index is -0.826. The molecule has 10 heteroatoms. The Balaban J connectivity index is 1.35. The van der Waals surface area contributed by atoms with Crippen LogP contribution >= 0.6 is 0 Å². The summed E-state index contributed by atoms with van der Waals surface area (Å²) in [4.78, 5) is 35.1. The molecule has 1 heterocycles. The van der Waals surface area contributed by atoms with Gasteiger partial charge in [-0.05, 0) is 37.1 Å². The molecule has 0 saturated heterocycles. The van der Waals surface area contributed by atoms with Crippen LogP contribution in [0.3, 0.4) is 0 Å². The van der Waals surface area contributed by atoms with Gasteiger partial charge in [-0.15, -0.1) is 0 Å². The molecule has 1 aliphatic heterocycles. The van der Waals surface area contributed by atoms with Crippen molar-refractivity contribution in [2.24, 2.45) is 0 Å². The van der Waals surface area contributed by atoms with Crippen molar-refractivity contribution >= 4 is 28.9 Å². The van der Waals surface area contributed by atoms with Gasteiger partial charge in [-0.25, -0.2) is 4.79 Å². The van der Waals surface area contributed by atoms with E-state index in [-0.39, 0.29) is 17.3 Å². The van der Waals surface area contributed by atoms with E-state index < -0.39 is 23.4 Å². The molecule has 0 aromatic heterocycles. The molecule has 2 N–H and O–H groups in total. The number of carbonyl (C=O) groups excluding carboxylic acids is 2. The second-order valence-electron chi connectivity index (χ2n) is 6.89. The summed E-state index contributed by atoms with van der Waals surface area (Å²) in [5.41, 5.74) is 0.606. The number of rotatable bonds is 7. The lowest BCUT2D eigenvalue weighted by Gasteiger charge is -2.19. The highest BCUT2D eigenvalue weighted by molar-refractivity contribution is 5.96. The Morgan fingerprint density at radius 3 is 2.60 bits per heavy atom. The average Bonchev–Trinajstić information content (AvgIpc) is 3.56. The number of nitrogens with zero attached hydrogens (tertiary/aromatic N) is 1. The van der Waals surface area contributed by atoms with E-state index in [1.165, 1.54) is 12.1 Å². The Bertz CT molecular complexity index is 1000. The molecule has 0 atom stereocenters. The largest absolute Gasteiger partial charge is 0.486 e. The number of esters is 1. The Hall–Kier alpha value is -3.82. The van der Waals surface area contributed by atoms with Crippen LogP contribution in [0, 0.1) is 10.1 Å². The molecule has 4 rings (SSSR count). The average molecular weight is 413 g/mol. The van der Waals surface area contributed by atoms with Gasteiger partial charge in [-0.3, -0.25) is 14.9 Å². The number of benzene rings is 2. The first-order valence-corrected chi connectivity index (χ1v) is 9.41. The van der Waals surface area contributed by atoms with Crippen molar-refractivity contribution in [3.05, 3.63) is 52.1 Å². The summed E-state index contributed by atoms with van der Waals surface area (Å²) in [6.45, 7) is 0.344. The molecule has 1 saturated carbocycles. The van der Waals surface area contributed by atoms with Crippen molar-refractivity contribution in [2.45, 2.75) is 18.9 Å². The summed E-state index contributed by atoms with van der Waals surface area (Å²) in [6.07, 6.45) is 1.92. The van der Waals surface area contributed by atoms with Crippen LogP contribution < -0.4 is 20.1 Å². The van der Waals surface area contributed by atoms with Crippen LogP contribution in [0.2, 0.25) is 0 Å². The summed E-state index contributed by atoms with van der Waals surface area (Å²) in [7, 11) is 0. The van der Waals surface area contributed by atoms with E-state index in [0.29, 0.717) is 36.1 Å². The molecule has 156 valence electrons. The normalized spacial score (nSPS) is 14.5.